The van der Waals surface area contributed by atoms with Crippen LogP contribution in [-0.2, 0) is 15.9 Å². The molecule has 6 heteroatoms. The summed E-state index contributed by atoms with van der Waals surface area (Å²) in [5.74, 6) is -0.342. The molecule has 2 atom stereocenters. The zero-order valence-corrected chi connectivity index (χ0v) is 18.6. The number of methoxy groups -OCH3 is 1. The molecule has 2 saturated heterocycles. The molecule has 2 aromatic rings. The van der Waals surface area contributed by atoms with E-state index in [-0.39, 0.29) is 23.6 Å². The van der Waals surface area contributed by atoms with Crippen molar-refractivity contribution < 1.29 is 19.1 Å². The molecule has 4 rings (SSSR count). The molecule has 164 valence electrons. The summed E-state index contributed by atoms with van der Waals surface area (Å²) in [5, 5.41) is 0. The van der Waals surface area contributed by atoms with Gasteiger partial charge in [-0.25, -0.2) is 9.59 Å². The fourth-order valence-electron chi connectivity index (χ4n) is 4.82. The standard InChI is InChI=1S/C25H30N2O4/c1-24(2,3)31-23(29)27-16-21-15-25(27,14-18-8-6-5-7-9-18)17-26(21)20-12-10-19(11-13-20)22(28)30-4/h5-13,21H,14-17H2,1-4H3. The Balaban J connectivity index is 1.60. The van der Waals surface area contributed by atoms with E-state index in [0.717, 1.165) is 25.1 Å². The van der Waals surface area contributed by atoms with Crippen molar-refractivity contribution >= 4 is 17.7 Å². The largest absolute Gasteiger partial charge is 0.465 e. The quantitative estimate of drug-likeness (QED) is 0.688. The molecule has 6 nitrogen and oxygen atoms in total. The number of carbonyl (C=O) groups is 2. The Morgan fingerprint density at radius 2 is 1.74 bits per heavy atom. The first-order valence-corrected chi connectivity index (χ1v) is 10.7. The molecule has 2 fully saturated rings. The number of anilines is 1. The molecule has 2 heterocycles. The van der Waals surface area contributed by atoms with Crippen LogP contribution in [0.25, 0.3) is 0 Å². The summed E-state index contributed by atoms with van der Waals surface area (Å²) in [7, 11) is 1.38. The minimum atomic E-state index is -0.531. The number of likely N-dealkylation sites (tertiary alicyclic amines) is 1. The number of hydrogen-bond donors (Lipinski definition) is 0. The van der Waals surface area contributed by atoms with Crippen LogP contribution >= 0.6 is 0 Å². The summed E-state index contributed by atoms with van der Waals surface area (Å²) in [6.07, 6.45) is 1.42. The Morgan fingerprint density at radius 1 is 1.06 bits per heavy atom. The lowest BCUT2D eigenvalue weighted by Crippen LogP contribution is -2.58. The Morgan fingerprint density at radius 3 is 2.35 bits per heavy atom. The van der Waals surface area contributed by atoms with Crippen molar-refractivity contribution in [2.45, 2.75) is 50.8 Å². The van der Waals surface area contributed by atoms with Gasteiger partial charge in [-0.15, -0.1) is 0 Å². The molecule has 2 aliphatic rings. The van der Waals surface area contributed by atoms with Crippen LogP contribution in [0.2, 0.25) is 0 Å². The zero-order chi connectivity index (χ0) is 22.2. The lowest BCUT2D eigenvalue weighted by atomic mass is 9.90. The number of piperazine rings is 1. The molecule has 0 saturated carbocycles. The van der Waals surface area contributed by atoms with Gasteiger partial charge in [0.25, 0.3) is 0 Å². The molecule has 1 amide bonds. The van der Waals surface area contributed by atoms with E-state index in [9.17, 15) is 9.59 Å². The maximum Gasteiger partial charge on any atom is 0.410 e. The smallest absolute Gasteiger partial charge is 0.410 e. The molecule has 0 aliphatic carbocycles. The monoisotopic (exact) mass is 422 g/mol. The molecule has 2 aromatic carbocycles. The second-order valence-corrected chi connectivity index (χ2v) is 9.50. The number of rotatable bonds is 4. The number of amides is 1. The number of benzene rings is 2. The summed E-state index contributed by atoms with van der Waals surface area (Å²) >= 11 is 0. The van der Waals surface area contributed by atoms with Gasteiger partial charge in [0.15, 0.2) is 0 Å². The van der Waals surface area contributed by atoms with Crippen LogP contribution in [0.5, 0.6) is 0 Å². The molecule has 0 radical (unpaired) electrons. The normalized spacial score (nSPS) is 22.5. The zero-order valence-electron chi connectivity index (χ0n) is 18.6. The number of esters is 1. The highest BCUT2D eigenvalue weighted by Gasteiger charge is 2.57. The van der Waals surface area contributed by atoms with Crippen molar-refractivity contribution in [3.05, 3.63) is 65.7 Å². The lowest BCUT2D eigenvalue weighted by Gasteiger charge is -2.43. The van der Waals surface area contributed by atoms with E-state index in [1.54, 1.807) is 12.1 Å². The van der Waals surface area contributed by atoms with E-state index in [4.69, 9.17) is 9.47 Å². The van der Waals surface area contributed by atoms with Gasteiger partial charge in [0.1, 0.15) is 5.60 Å². The number of hydrogen-bond acceptors (Lipinski definition) is 5. The Bertz CT molecular complexity index is 952. The van der Waals surface area contributed by atoms with Gasteiger partial charge in [0, 0.05) is 24.8 Å². The van der Waals surface area contributed by atoms with Gasteiger partial charge in [-0.1, -0.05) is 30.3 Å². The van der Waals surface area contributed by atoms with E-state index in [2.05, 4.69) is 17.0 Å². The Hall–Kier alpha value is -3.02. The maximum atomic E-state index is 13.1. The van der Waals surface area contributed by atoms with E-state index in [0.29, 0.717) is 12.1 Å². The highest BCUT2D eigenvalue weighted by Crippen LogP contribution is 2.45. The highest BCUT2D eigenvalue weighted by molar-refractivity contribution is 5.89. The fourth-order valence-corrected chi connectivity index (χ4v) is 4.82. The predicted molar refractivity (Wildman–Crippen MR) is 119 cm³/mol. The topological polar surface area (TPSA) is 59.1 Å². The molecule has 0 spiro atoms. The van der Waals surface area contributed by atoms with Crippen molar-refractivity contribution in [2.24, 2.45) is 0 Å². The molecule has 2 bridgehead atoms. The van der Waals surface area contributed by atoms with Crippen molar-refractivity contribution in [1.82, 2.24) is 4.90 Å². The van der Waals surface area contributed by atoms with E-state index in [1.165, 1.54) is 12.7 Å². The van der Waals surface area contributed by atoms with Gasteiger partial charge >= 0.3 is 12.1 Å². The molecule has 0 N–H and O–H groups in total. The van der Waals surface area contributed by atoms with Crippen LogP contribution in [0.4, 0.5) is 10.5 Å². The first-order chi connectivity index (χ1) is 14.7. The van der Waals surface area contributed by atoms with Crippen LogP contribution < -0.4 is 4.90 Å². The number of ether oxygens (including phenoxy) is 2. The van der Waals surface area contributed by atoms with Gasteiger partial charge in [-0.05, 0) is 63.4 Å². The van der Waals surface area contributed by atoms with Gasteiger partial charge in [-0.3, -0.25) is 4.90 Å². The molecule has 31 heavy (non-hydrogen) atoms. The summed E-state index contributed by atoms with van der Waals surface area (Å²) in [4.78, 5) is 29.1. The first-order valence-electron chi connectivity index (χ1n) is 10.7. The Kier molecular flexibility index (Phi) is 5.42. The van der Waals surface area contributed by atoms with E-state index >= 15 is 0 Å². The first kappa shape index (κ1) is 21.2. The van der Waals surface area contributed by atoms with E-state index < -0.39 is 5.60 Å². The number of nitrogens with zero attached hydrogens (tertiary/aromatic N) is 2. The van der Waals surface area contributed by atoms with E-state index in [1.807, 2.05) is 56.0 Å². The van der Waals surface area contributed by atoms with Gasteiger partial charge in [0.2, 0.25) is 0 Å². The summed E-state index contributed by atoms with van der Waals surface area (Å²) in [6, 6.07) is 18.0. The second-order valence-electron chi connectivity index (χ2n) is 9.50. The van der Waals surface area contributed by atoms with Crippen LogP contribution in [0.3, 0.4) is 0 Å². The number of fused-ring (bicyclic) bond motifs is 2. The molecule has 2 aliphatic heterocycles. The maximum absolute atomic E-state index is 13.1. The lowest BCUT2D eigenvalue weighted by molar-refractivity contribution is 0.00714. The third kappa shape index (κ3) is 4.24. The summed E-state index contributed by atoms with van der Waals surface area (Å²) in [5.41, 5.74) is 1.94. The van der Waals surface area contributed by atoms with Crippen LogP contribution in [0.1, 0.15) is 43.1 Å². The van der Waals surface area contributed by atoms with Crippen LogP contribution in [-0.4, -0.2) is 54.3 Å². The third-order valence-electron chi connectivity index (χ3n) is 6.10. The molecular weight excluding hydrogens is 392 g/mol. The average Bonchev–Trinajstić information content (AvgIpc) is 3.28. The highest BCUT2D eigenvalue weighted by atomic mass is 16.6. The van der Waals surface area contributed by atoms with Gasteiger partial charge in [-0.2, -0.15) is 0 Å². The predicted octanol–water partition coefficient (Wildman–Crippen LogP) is 4.28. The third-order valence-corrected chi connectivity index (χ3v) is 6.10. The molecule has 0 aromatic heterocycles. The van der Waals surface area contributed by atoms with Gasteiger partial charge in [0.05, 0.1) is 18.2 Å². The SMILES string of the molecule is COC(=O)c1ccc(N2CC3(Cc4ccccc4)CC2CN3C(=O)OC(C)(C)C)cc1. The Labute approximate surface area is 183 Å². The fraction of sp³-hybridized carbons (Fsp3) is 0.440. The van der Waals surface area contributed by atoms with Gasteiger partial charge < -0.3 is 14.4 Å². The molecular formula is C25H30N2O4. The van der Waals surface area contributed by atoms with Crippen LogP contribution in [0, 0.1) is 0 Å². The van der Waals surface area contributed by atoms with Crippen molar-refractivity contribution in [2.75, 3.05) is 25.1 Å². The molecule has 2 unspecified atom stereocenters. The summed E-state index contributed by atoms with van der Waals surface area (Å²) in [6.45, 7) is 7.05. The van der Waals surface area contributed by atoms with Crippen molar-refractivity contribution in [1.29, 1.82) is 0 Å². The van der Waals surface area contributed by atoms with Crippen molar-refractivity contribution in [3.63, 3.8) is 0 Å². The van der Waals surface area contributed by atoms with Crippen LogP contribution in [0.15, 0.2) is 54.6 Å². The number of carbonyl (C=O) groups excluding carboxylic acids is 2. The second kappa shape index (κ2) is 7.91. The van der Waals surface area contributed by atoms with Crippen molar-refractivity contribution in [3.8, 4) is 0 Å². The minimum absolute atomic E-state index is 0.209. The average molecular weight is 423 g/mol. The summed E-state index contributed by atoms with van der Waals surface area (Å²) < 4.78 is 10.6. The minimum Gasteiger partial charge on any atom is -0.465 e.